The summed E-state index contributed by atoms with van der Waals surface area (Å²) < 4.78 is 7.29. The van der Waals surface area contributed by atoms with Crippen LogP contribution in [0.5, 0.6) is 0 Å². The van der Waals surface area contributed by atoms with E-state index in [1.54, 1.807) is 24.3 Å². The zero-order valence-corrected chi connectivity index (χ0v) is 14.5. The fourth-order valence-corrected chi connectivity index (χ4v) is 3.61. The maximum atomic E-state index is 12.6. The Kier molecular flexibility index (Phi) is 3.89. The predicted octanol–water partition coefficient (Wildman–Crippen LogP) is 2.57. The number of fused-ring (bicyclic) bond motifs is 2. The molecule has 0 bridgehead atoms. The van der Waals surface area contributed by atoms with Crippen molar-refractivity contribution in [3.05, 3.63) is 68.4 Å². The van der Waals surface area contributed by atoms with Gasteiger partial charge in [-0.15, -0.1) is 11.3 Å². The minimum absolute atomic E-state index is 0.152. The molecule has 8 heteroatoms. The van der Waals surface area contributed by atoms with Crippen molar-refractivity contribution in [2.24, 2.45) is 0 Å². The van der Waals surface area contributed by atoms with Crippen LogP contribution in [-0.4, -0.2) is 15.5 Å². The molecular weight excluding hydrogens is 354 g/mol. The van der Waals surface area contributed by atoms with Crippen LogP contribution in [0.2, 0.25) is 0 Å². The number of hydrogen-bond acceptors (Lipinski definition) is 6. The number of nitrogens with zero attached hydrogens (tertiary/aromatic N) is 2. The molecule has 0 atom stereocenters. The number of anilines is 1. The van der Waals surface area contributed by atoms with Crippen molar-refractivity contribution < 1.29 is 9.21 Å². The molecule has 3 aromatic heterocycles. The fraction of sp³-hybridized carbons (Fsp3) is 0.111. The van der Waals surface area contributed by atoms with Gasteiger partial charge >= 0.3 is 5.63 Å². The Morgan fingerprint density at radius 3 is 2.92 bits per heavy atom. The van der Waals surface area contributed by atoms with Crippen molar-refractivity contribution in [2.45, 2.75) is 13.5 Å². The lowest BCUT2D eigenvalue weighted by Crippen LogP contribution is -2.21. The summed E-state index contributed by atoms with van der Waals surface area (Å²) in [5.41, 5.74) is 1.51. The van der Waals surface area contributed by atoms with E-state index in [1.807, 2.05) is 5.38 Å². The summed E-state index contributed by atoms with van der Waals surface area (Å²) in [6, 6.07) is 8.22. The molecule has 0 fully saturated rings. The Bertz CT molecular complexity index is 1270. The average molecular weight is 367 g/mol. The predicted molar refractivity (Wildman–Crippen MR) is 99.8 cm³/mol. The van der Waals surface area contributed by atoms with E-state index in [0.717, 1.165) is 0 Å². The van der Waals surface area contributed by atoms with Crippen LogP contribution in [0.25, 0.3) is 21.2 Å². The van der Waals surface area contributed by atoms with E-state index >= 15 is 0 Å². The number of amides is 1. The van der Waals surface area contributed by atoms with Gasteiger partial charge in [-0.05, 0) is 29.1 Å². The van der Waals surface area contributed by atoms with Gasteiger partial charge < -0.3 is 9.73 Å². The molecule has 0 aliphatic heterocycles. The van der Waals surface area contributed by atoms with Gasteiger partial charge in [-0.1, -0.05) is 0 Å². The van der Waals surface area contributed by atoms with Crippen LogP contribution in [0.3, 0.4) is 0 Å². The first-order valence-corrected chi connectivity index (χ1v) is 8.66. The van der Waals surface area contributed by atoms with Gasteiger partial charge in [-0.2, -0.15) is 0 Å². The summed E-state index contributed by atoms with van der Waals surface area (Å²) in [5, 5.41) is 5.16. The lowest BCUT2D eigenvalue weighted by Gasteiger charge is -2.09. The van der Waals surface area contributed by atoms with Gasteiger partial charge in [0.15, 0.2) is 0 Å². The molecule has 4 aromatic rings. The minimum Gasteiger partial charge on any atom is -0.423 e. The number of benzene rings is 1. The summed E-state index contributed by atoms with van der Waals surface area (Å²) in [6.07, 6.45) is 1.48. The Morgan fingerprint density at radius 2 is 2.12 bits per heavy atom. The Morgan fingerprint density at radius 1 is 1.27 bits per heavy atom. The average Bonchev–Trinajstić information content (AvgIpc) is 3.06. The third kappa shape index (κ3) is 2.91. The van der Waals surface area contributed by atoms with Gasteiger partial charge in [0.2, 0.25) is 5.91 Å². The first-order valence-electron chi connectivity index (χ1n) is 7.78. The molecule has 0 spiro atoms. The number of carbonyl (C=O) groups is 1. The zero-order chi connectivity index (χ0) is 18.3. The van der Waals surface area contributed by atoms with Crippen LogP contribution in [0.1, 0.15) is 12.5 Å². The molecule has 1 amide bonds. The molecule has 0 saturated carbocycles. The smallest absolute Gasteiger partial charge is 0.336 e. The van der Waals surface area contributed by atoms with Crippen LogP contribution in [-0.2, 0) is 11.3 Å². The van der Waals surface area contributed by atoms with Crippen LogP contribution in [0.15, 0.2) is 56.0 Å². The number of nitrogens with one attached hydrogen (secondary N) is 1. The SMILES string of the molecule is CC(=O)Nc1ccc2c(Cn3cnc4ccsc4c3=O)cc(=O)oc2c1. The van der Waals surface area contributed by atoms with Crippen molar-refractivity contribution >= 4 is 44.1 Å². The second-order valence-corrected chi connectivity index (χ2v) is 6.71. The number of aromatic nitrogens is 2. The van der Waals surface area contributed by atoms with Gasteiger partial charge in [-0.3, -0.25) is 14.2 Å². The molecule has 0 saturated heterocycles. The zero-order valence-electron chi connectivity index (χ0n) is 13.7. The van der Waals surface area contributed by atoms with E-state index in [-0.39, 0.29) is 18.0 Å². The number of rotatable bonds is 3. The summed E-state index contributed by atoms with van der Waals surface area (Å²) in [4.78, 5) is 40.0. The number of carbonyl (C=O) groups excluding carboxylic acids is 1. The molecule has 130 valence electrons. The highest BCUT2D eigenvalue weighted by molar-refractivity contribution is 7.17. The van der Waals surface area contributed by atoms with E-state index in [2.05, 4.69) is 10.3 Å². The second kappa shape index (κ2) is 6.23. The summed E-state index contributed by atoms with van der Waals surface area (Å²) in [5.74, 6) is -0.218. The van der Waals surface area contributed by atoms with Gasteiger partial charge in [-0.25, -0.2) is 9.78 Å². The van der Waals surface area contributed by atoms with Crippen molar-refractivity contribution in [2.75, 3.05) is 5.32 Å². The van der Waals surface area contributed by atoms with Crippen molar-refractivity contribution in [3.8, 4) is 0 Å². The van der Waals surface area contributed by atoms with Gasteiger partial charge in [0.05, 0.1) is 18.4 Å². The van der Waals surface area contributed by atoms with E-state index in [0.29, 0.717) is 32.4 Å². The first-order chi connectivity index (χ1) is 12.5. The van der Waals surface area contributed by atoms with E-state index in [4.69, 9.17) is 4.42 Å². The summed E-state index contributed by atoms with van der Waals surface area (Å²) in [6.45, 7) is 1.60. The number of hydrogen-bond donors (Lipinski definition) is 1. The maximum Gasteiger partial charge on any atom is 0.336 e. The fourth-order valence-electron chi connectivity index (χ4n) is 2.82. The van der Waals surface area contributed by atoms with Gasteiger partial charge in [0.25, 0.3) is 5.56 Å². The highest BCUT2D eigenvalue weighted by Crippen LogP contribution is 2.22. The van der Waals surface area contributed by atoms with Gasteiger partial charge in [0.1, 0.15) is 10.3 Å². The van der Waals surface area contributed by atoms with Gasteiger partial charge in [0, 0.05) is 30.1 Å². The highest BCUT2D eigenvalue weighted by atomic mass is 32.1. The van der Waals surface area contributed by atoms with E-state index < -0.39 is 5.63 Å². The van der Waals surface area contributed by atoms with Crippen molar-refractivity contribution in [1.82, 2.24) is 9.55 Å². The lowest BCUT2D eigenvalue weighted by atomic mass is 10.1. The molecule has 0 unspecified atom stereocenters. The van der Waals surface area contributed by atoms with Crippen LogP contribution in [0, 0.1) is 0 Å². The molecule has 0 aliphatic rings. The Labute approximate surface area is 150 Å². The van der Waals surface area contributed by atoms with Crippen LogP contribution >= 0.6 is 11.3 Å². The molecule has 3 heterocycles. The third-order valence-corrected chi connectivity index (χ3v) is 4.82. The quantitative estimate of drug-likeness (QED) is 0.562. The topological polar surface area (TPSA) is 94.2 Å². The second-order valence-electron chi connectivity index (χ2n) is 5.80. The third-order valence-electron chi connectivity index (χ3n) is 3.93. The molecule has 1 N–H and O–H groups in total. The molecule has 0 radical (unpaired) electrons. The summed E-state index contributed by atoms with van der Waals surface area (Å²) >= 11 is 1.34. The van der Waals surface area contributed by atoms with E-state index in [1.165, 1.54) is 35.2 Å². The van der Waals surface area contributed by atoms with Crippen LogP contribution in [0.4, 0.5) is 5.69 Å². The monoisotopic (exact) mass is 367 g/mol. The molecule has 4 rings (SSSR count). The van der Waals surface area contributed by atoms with Crippen LogP contribution < -0.4 is 16.5 Å². The Balaban J connectivity index is 1.82. The van der Waals surface area contributed by atoms with Crippen molar-refractivity contribution in [3.63, 3.8) is 0 Å². The number of thiophene rings is 1. The Hall–Kier alpha value is -3.26. The molecular formula is C18H13N3O4S. The first kappa shape index (κ1) is 16.2. The van der Waals surface area contributed by atoms with Crippen molar-refractivity contribution in [1.29, 1.82) is 0 Å². The summed E-state index contributed by atoms with van der Waals surface area (Å²) in [7, 11) is 0. The highest BCUT2D eigenvalue weighted by Gasteiger charge is 2.11. The van der Waals surface area contributed by atoms with E-state index in [9.17, 15) is 14.4 Å². The molecule has 26 heavy (non-hydrogen) atoms. The normalized spacial score (nSPS) is 11.1. The molecule has 1 aromatic carbocycles. The molecule has 0 aliphatic carbocycles. The minimum atomic E-state index is -0.523. The maximum absolute atomic E-state index is 12.6. The molecule has 7 nitrogen and oxygen atoms in total. The largest absolute Gasteiger partial charge is 0.423 e. The standard InChI is InChI=1S/C18H13N3O4S/c1-10(22)20-12-2-3-13-11(6-16(23)25-15(13)7-12)8-21-9-19-14-4-5-26-17(14)18(21)24/h2-7,9H,8H2,1H3,(H,20,22). The lowest BCUT2D eigenvalue weighted by molar-refractivity contribution is -0.114.